The van der Waals surface area contributed by atoms with Crippen molar-refractivity contribution < 1.29 is 10.4 Å². The maximum atomic E-state index is 8.88. The van der Waals surface area contributed by atoms with Gasteiger partial charge >= 0.3 is 0 Å². The van der Waals surface area contributed by atoms with Gasteiger partial charge in [-0.25, -0.2) is 9.97 Å². The molecule has 0 aliphatic carbocycles. The van der Waals surface area contributed by atoms with Crippen LogP contribution in [0.2, 0.25) is 0 Å². The quantitative estimate of drug-likeness (QED) is 0.115. The van der Waals surface area contributed by atoms with Gasteiger partial charge in [-0.3, -0.25) is 0 Å². The molecule has 0 spiro atoms. The molecule has 2 aromatic heterocycles. The third kappa shape index (κ3) is 3.82. The van der Waals surface area contributed by atoms with Crippen molar-refractivity contribution in [1.82, 2.24) is 19.1 Å². The van der Waals surface area contributed by atoms with Gasteiger partial charge in [0.1, 0.15) is 11.6 Å². The monoisotopic (exact) mass is 434 g/mol. The summed E-state index contributed by atoms with van der Waals surface area (Å²) in [5.41, 5.74) is 16.3. The number of benzene rings is 2. The van der Waals surface area contributed by atoms with E-state index in [1.165, 1.54) is 0 Å². The summed E-state index contributed by atoms with van der Waals surface area (Å²) in [6.07, 6.45) is 3.59. The number of nitrogens with zero attached hydrogens (tertiary/aromatic N) is 6. The summed E-state index contributed by atoms with van der Waals surface area (Å²) >= 11 is 0. The molecule has 0 amide bonds. The normalized spacial score (nSPS) is 12.8. The molecule has 6 N–H and O–H groups in total. The lowest BCUT2D eigenvalue weighted by Crippen LogP contribution is -2.12. The van der Waals surface area contributed by atoms with E-state index in [0.29, 0.717) is 11.1 Å². The SMILES string of the molecule is Cn1c(CCCCc2nc3cc(/C(N)=N/O)ccc3n2C)nc2cc(/C(N)=N/O)ccc21. The van der Waals surface area contributed by atoms with Gasteiger partial charge in [0.2, 0.25) is 0 Å². The minimum Gasteiger partial charge on any atom is -0.409 e. The Morgan fingerprint density at radius 1 is 0.781 bits per heavy atom. The molecule has 0 saturated carbocycles. The molecule has 0 aliphatic heterocycles. The number of hydrogen-bond donors (Lipinski definition) is 4. The number of aryl methyl sites for hydroxylation is 4. The van der Waals surface area contributed by atoms with E-state index in [4.69, 9.17) is 31.8 Å². The number of oxime groups is 2. The Balaban J connectivity index is 1.44. The summed E-state index contributed by atoms with van der Waals surface area (Å²) in [5, 5.41) is 23.9. The lowest BCUT2D eigenvalue weighted by Gasteiger charge is -2.04. The van der Waals surface area contributed by atoms with Crippen LogP contribution in [0.1, 0.15) is 35.6 Å². The van der Waals surface area contributed by atoms with Gasteiger partial charge in [-0.05, 0) is 49.2 Å². The van der Waals surface area contributed by atoms with E-state index in [1.807, 2.05) is 50.5 Å². The van der Waals surface area contributed by atoms with Gasteiger partial charge in [0.25, 0.3) is 0 Å². The number of hydrogen-bond acceptors (Lipinski definition) is 6. The van der Waals surface area contributed by atoms with Crippen molar-refractivity contribution in [1.29, 1.82) is 0 Å². The number of unbranched alkanes of at least 4 members (excludes halogenated alkanes) is 1. The zero-order valence-corrected chi connectivity index (χ0v) is 18.0. The Labute approximate surface area is 184 Å². The van der Waals surface area contributed by atoms with Crippen molar-refractivity contribution in [2.75, 3.05) is 0 Å². The van der Waals surface area contributed by atoms with Crippen LogP contribution < -0.4 is 11.5 Å². The summed E-state index contributed by atoms with van der Waals surface area (Å²) in [4.78, 5) is 9.45. The van der Waals surface area contributed by atoms with Crippen molar-refractivity contribution in [3.63, 3.8) is 0 Å². The standard InChI is InChI=1S/C22H26N8O2/c1-29-17-9-7-13(21(23)27-31)11-15(17)25-19(29)5-3-4-6-20-26-16-12-14(22(24)28-32)8-10-18(16)30(20)2/h7-12,31-32H,3-6H2,1-2H3,(H2,23,27)(H2,24,28). The summed E-state index contributed by atoms with van der Waals surface area (Å²) in [7, 11) is 4.00. The van der Waals surface area contributed by atoms with E-state index in [1.54, 1.807) is 0 Å². The van der Waals surface area contributed by atoms with Gasteiger partial charge in [0, 0.05) is 38.1 Å². The molecule has 166 valence electrons. The van der Waals surface area contributed by atoms with Crippen LogP contribution in [0, 0.1) is 0 Å². The lowest BCUT2D eigenvalue weighted by molar-refractivity contribution is 0.318. The Bertz CT molecular complexity index is 1250. The largest absolute Gasteiger partial charge is 0.409 e. The maximum Gasteiger partial charge on any atom is 0.170 e. The number of amidine groups is 2. The number of nitrogens with two attached hydrogens (primary N) is 2. The fourth-order valence-corrected chi connectivity index (χ4v) is 3.95. The second kappa shape index (κ2) is 8.58. The summed E-state index contributed by atoms with van der Waals surface area (Å²) in [6, 6.07) is 11.2. The van der Waals surface area contributed by atoms with Crippen LogP contribution in [0.5, 0.6) is 0 Å². The lowest BCUT2D eigenvalue weighted by atomic mass is 10.2. The molecule has 2 heterocycles. The minimum atomic E-state index is 0.0695. The number of imidazole rings is 2. The first-order chi connectivity index (χ1) is 15.4. The molecule has 32 heavy (non-hydrogen) atoms. The van der Waals surface area contributed by atoms with Crippen molar-refractivity contribution in [2.45, 2.75) is 25.7 Å². The smallest absolute Gasteiger partial charge is 0.170 e. The second-order valence-electron chi connectivity index (χ2n) is 7.76. The highest BCUT2D eigenvalue weighted by molar-refractivity contribution is 6.00. The predicted molar refractivity (Wildman–Crippen MR) is 123 cm³/mol. The Hall–Kier alpha value is -4.08. The van der Waals surface area contributed by atoms with Crippen molar-refractivity contribution in [3.05, 3.63) is 59.2 Å². The fraction of sp³-hybridized carbons (Fsp3) is 0.273. The van der Waals surface area contributed by atoms with E-state index in [0.717, 1.165) is 59.4 Å². The molecule has 0 atom stereocenters. The van der Waals surface area contributed by atoms with Gasteiger partial charge < -0.3 is 31.0 Å². The van der Waals surface area contributed by atoms with Crippen molar-refractivity contribution in [3.8, 4) is 0 Å². The minimum absolute atomic E-state index is 0.0695. The molecule has 2 aromatic carbocycles. The number of aromatic nitrogens is 4. The molecule has 4 aromatic rings. The topological polar surface area (TPSA) is 153 Å². The maximum absolute atomic E-state index is 8.88. The zero-order valence-electron chi connectivity index (χ0n) is 18.0. The molecule has 4 rings (SSSR count). The molecular formula is C22H26N8O2. The molecule has 0 aliphatic rings. The van der Waals surface area contributed by atoms with Gasteiger partial charge in [0.15, 0.2) is 11.7 Å². The molecule has 0 radical (unpaired) electrons. The highest BCUT2D eigenvalue weighted by Gasteiger charge is 2.12. The first kappa shape index (κ1) is 21.2. The molecule has 10 nitrogen and oxygen atoms in total. The second-order valence-corrected chi connectivity index (χ2v) is 7.76. The van der Waals surface area contributed by atoms with Crippen LogP contribution in [0.4, 0.5) is 0 Å². The molecular weight excluding hydrogens is 408 g/mol. The third-order valence-electron chi connectivity index (χ3n) is 5.80. The van der Waals surface area contributed by atoms with Crippen LogP contribution in [-0.2, 0) is 26.9 Å². The van der Waals surface area contributed by atoms with E-state index < -0.39 is 0 Å². The van der Waals surface area contributed by atoms with E-state index >= 15 is 0 Å². The summed E-state index contributed by atoms with van der Waals surface area (Å²) in [5.74, 6) is 2.12. The number of rotatable bonds is 7. The van der Waals surface area contributed by atoms with Crippen LogP contribution in [0.15, 0.2) is 46.7 Å². The van der Waals surface area contributed by atoms with Gasteiger partial charge in [-0.2, -0.15) is 0 Å². The van der Waals surface area contributed by atoms with Crippen LogP contribution in [0.25, 0.3) is 22.1 Å². The van der Waals surface area contributed by atoms with Crippen LogP contribution in [-0.4, -0.2) is 41.2 Å². The van der Waals surface area contributed by atoms with Gasteiger partial charge in [-0.1, -0.05) is 10.3 Å². The Morgan fingerprint density at radius 3 is 1.56 bits per heavy atom. The molecule has 0 bridgehead atoms. The zero-order chi connectivity index (χ0) is 22.8. The van der Waals surface area contributed by atoms with Gasteiger partial charge in [-0.15, -0.1) is 0 Å². The van der Waals surface area contributed by atoms with E-state index in [-0.39, 0.29) is 11.7 Å². The molecule has 0 saturated heterocycles. The van der Waals surface area contributed by atoms with Crippen molar-refractivity contribution in [2.24, 2.45) is 35.9 Å². The fourth-order valence-electron chi connectivity index (χ4n) is 3.95. The summed E-state index contributed by atoms with van der Waals surface area (Å²) < 4.78 is 4.16. The van der Waals surface area contributed by atoms with Crippen molar-refractivity contribution >= 4 is 33.7 Å². The molecule has 10 heteroatoms. The first-order valence-electron chi connectivity index (χ1n) is 10.3. The number of fused-ring (bicyclic) bond motifs is 2. The molecule has 0 unspecified atom stereocenters. The van der Waals surface area contributed by atoms with Crippen LogP contribution >= 0.6 is 0 Å². The Morgan fingerprint density at radius 2 is 1.19 bits per heavy atom. The highest BCUT2D eigenvalue weighted by atomic mass is 16.4. The average molecular weight is 435 g/mol. The third-order valence-corrected chi connectivity index (χ3v) is 5.80. The van der Waals surface area contributed by atoms with E-state index in [2.05, 4.69) is 19.4 Å². The highest BCUT2D eigenvalue weighted by Crippen LogP contribution is 2.20. The summed E-state index contributed by atoms with van der Waals surface area (Å²) in [6.45, 7) is 0. The Kier molecular flexibility index (Phi) is 5.67. The van der Waals surface area contributed by atoms with Gasteiger partial charge in [0.05, 0.1) is 22.1 Å². The predicted octanol–water partition coefficient (Wildman–Crippen LogP) is 2.21. The average Bonchev–Trinajstić information content (AvgIpc) is 3.30. The van der Waals surface area contributed by atoms with E-state index in [9.17, 15) is 0 Å². The molecule has 0 fully saturated rings. The van der Waals surface area contributed by atoms with Crippen LogP contribution in [0.3, 0.4) is 0 Å². The first-order valence-corrected chi connectivity index (χ1v) is 10.3.